The molecule has 1 saturated heterocycles. The molecule has 4 nitrogen and oxygen atoms in total. The van der Waals surface area contributed by atoms with Crippen molar-refractivity contribution >= 4 is 17.2 Å². The second kappa shape index (κ2) is 8.54. The van der Waals surface area contributed by atoms with Crippen molar-refractivity contribution in [1.82, 2.24) is 15.2 Å². The molecule has 0 unspecified atom stereocenters. The zero-order chi connectivity index (χ0) is 17.6. The van der Waals surface area contributed by atoms with Crippen LogP contribution in [0.5, 0.6) is 0 Å². The minimum atomic E-state index is -0.239. The van der Waals surface area contributed by atoms with Crippen molar-refractivity contribution in [2.45, 2.75) is 25.7 Å². The molecule has 0 saturated carbocycles. The summed E-state index contributed by atoms with van der Waals surface area (Å²) in [5.41, 5.74) is 1.00. The molecule has 134 valence electrons. The Hall–Kier alpha value is -1.79. The lowest BCUT2D eigenvalue weighted by Gasteiger charge is -2.31. The van der Waals surface area contributed by atoms with E-state index in [9.17, 15) is 9.18 Å². The van der Waals surface area contributed by atoms with E-state index in [2.05, 4.69) is 10.3 Å². The molecule has 1 amide bonds. The van der Waals surface area contributed by atoms with Gasteiger partial charge >= 0.3 is 0 Å². The summed E-state index contributed by atoms with van der Waals surface area (Å²) >= 11 is 1.44. The maximum atomic E-state index is 13.0. The van der Waals surface area contributed by atoms with Crippen LogP contribution >= 0.6 is 11.3 Å². The van der Waals surface area contributed by atoms with Gasteiger partial charge < -0.3 is 10.2 Å². The monoisotopic (exact) mass is 361 g/mol. The molecule has 0 atom stereocenters. The summed E-state index contributed by atoms with van der Waals surface area (Å²) in [6.45, 7) is 2.71. The van der Waals surface area contributed by atoms with Crippen LogP contribution in [-0.4, -0.2) is 42.5 Å². The maximum absolute atomic E-state index is 13.0. The fourth-order valence-corrected chi connectivity index (χ4v) is 4.12. The number of nitrogens with zero attached hydrogens (tertiary/aromatic N) is 2. The molecule has 1 aromatic carbocycles. The molecule has 1 aliphatic heterocycles. The Morgan fingerprint density at radius 3 is 2.72 bits per heavy atom. The number of nitrogens with one attached hydrogen (secondary N) is 1. The van der Waals surface area contributed by atoms with Crippen molar-refractivity contribution < 1.29 is 9.18 Å². The lowest BCUT2D eigenvalue weighted by Crippen LogP contribution is -2.38. The Labute approximate surface area is 152 Å². The van der Waals surface area contributed by atoms with Crippen molar-refractivity contribution in [3.63, 3.8) is 0 Å². The zero-order valence-corrected chi connectivity index (χ0v) is 15.3. The Bertz CT molecular complexity index is 693. The molecule has 0 spiro atoms. The van der Waals surface area contributed by atoms with E-state index in [0.717, 1.165) is 43.0 Å². The largest absolute Gasteiger partial charge is 0.338 e. The van der Waals surface area contributed by atoms with Gasteiger partial charge in [-0.1, -0.05) is 12.1 Å². The highest BCUT2D eigenvalue weighted by Crippen LogP contribution is 2.24. The fourth-order valence-electron chi connectivity index (χ4n) is 3.20. The lowest BCUT2D eigenvalue weighted by atomic mass is 9.93. The maximum Gasteiger partial charge on any atom is 0.265 e. The van der Waals surface area contributed by atoms with E-state index in [1.54, 1.807) is 18.3 Å². The molecule has 2 aromatic rings. The van der Waals surface area contributed by atoms with Gasteiger partial charge in [0.2, 0.25) is 0 Å². The van der Waals surface area contributed by atoms with E-state index in [-0.39, 0.29) is 11.7 Å². The van der Waals surface area contributed by atoms with E-state index in [0.29, 0.717) is 17.2 Å². The van der Waals surface area contributed by atoms with Gasteiger partial charge in [0.25, 0.3) is 5.91 Å². The zero-order valence-electron chi connectivity index (χ0n) is 14.5. The Kier molecular flexibility index (Phi) is 6.15. The molecule has 25 heavy (non-hydrogen) atoms. The van der Waals surface area contributed by atoms with Crippen LogP contribution in [0.1, 0.15) is 39.5 Å². The van der Waals surface area contributed by atoms with Gasteiger partial charge in [-0.15, -0.1) is 11.3 Å². The summed E-state index contributed by atoms with van der Waals surface area (Å²) in [6.07, 6.45) is 5.65. The van der Waals surface area contributed by atoms with Gasteiger partial charge in [0.05, 0.1) is 11.2 Å². The Morgan fingerprint density at radius 2 is 2.04 bits per heavy atom. The van der Waals surface area contributed by atoms with E-state index in [1.165, 1.54) is 29.9 Å². The third-order valence-corrected chi connectivity index (χ3v) is 5.72. The minimum absolute atomic E-state index is 0.0925. The molecule has 1 fully saturated rings. The number of piperidine rings is 1. The summed E-state index contributed by atoms with van der Waals surface area (Å²) in [5, 5.41) is 4.08. The normalized spacial score (nSPS) is 15.5. The number of halogens is 1. The van der Waals surface area contributed by atoms with Crippen LogP contribution in [0.15, 0.2) is 30.5 Å². The number of likely N-dealkylation sites (tertiary alicyclic amines) is 1. The van der Waals surface area contributed by atoms with Gasteiger partial charge in [0, 0.05) is 19.5 Å². The third-order valence-electron chi connectivity index (χ3n) is 4.74. The van der Waals surface area contributed by atoms with Gasteiger partial charge in [-0.2, -0.15) is 0 Å². The fraction of sp³-hybridized carbons (Fsp3) is 0.474. The average molecular weight is 361 g/mol. The molecule has 2 heterocycles. The van der Waals surface area contributed by atoms with Gasteiger partial charge in [0.1, 0.15) is 10.7 Å². The molecule has 6 heteroatoms. The van der Waals surface area contributed by atoms with Crippen molar-refractivity contribution in [3.05, 3.63) is 51.7 Å². The van der Waals surface area contributed by atoms with Crippen LogP contribution in [0.25, 0.3) is 0 Å². The summed E-state index contributed by atoms with van der Waals surface area (Å²) in [7, 11) is 1.98. The van der Waals surface area contributed by atoms with Gasteiger partial charge in [-0.25, -0.2) is 9.37 Å². The topological polar surface area (TPSA) is 45.2 Å². The predicted molar refractivity (Wildman–Crippen MR) is 98.5 cm³/mol. The molecule has 1 aliphatic rings. The molecule has 0 radical (unpaired) electrons. The number of amides is 1. The van der Waals surface area contributed by atoms with E-state index < -0.39 is 0 Å². The van der Waals surface area contributed by atoms with Crippen LogP contribution in [0.4, 0.5) is 4.39 Å². The molecular formula is C19H24FN3OS. The number of hydrogen-bond acceptors (Lipinski definition) is 4. The first-order chi connectivity index (χ1) is 12.2. The molecule has 1 aromatic heterocycles. The van der Waals surface area contributed by atoms with Crippen molar-refractivity contribution in [2.75, 3.05) is 26.7 Å². The summed E-state index contributed by atoms with van der Waals surface area (Å²) in [5.74, 6) is 0.568. The Morgan fingerprint density at radius 1 is 1.32 bits per heavy atom. The first kappa shape index (κ1) is 18.0. The van der Waals surface area contributed by atoms with Crippen LogP contribution in [0, 0.1) is 11.7 Å². The van der Waals surface area contributed by atoms with Gasteiger partial charge in [-0.05, 0) is 56.5 Å². The number of thiazole rings is 1. The van der Waals surface area contributed by atoms with E-state index in [1.807, 2.05) is 11.9 Å². The standard InChI is InChI=1S/C19H24FN3OS/c1-21-9-6-14-7-10-23(11-8-14)19(24)17-13-22-18(25-17)12-15-2-4-16(20)5-3-15/h2-5,13-14,21H,6-12H2,1H3. The number of aromatic nitrogens is 1. The van der Waals surface area contributed by atoms with Crippen LogP contribution in [-0.2, 0) is 6.42 Å². The second-order valence-electron chi connectivity index (χ2n) is 6.55. The van der Waals surface area contributed by atoms with Crippen molar-refractivity contribution in [3.8, 4) is 0 Å². The average Bonchev–Trinajstić information content (AvgIpc) is 3.10. The van der Waals surface area contributed by atoms with Crippen LogP contribution < -0.4 is 5.32 Å². The minimum Gasteiger partial charge on any atom is -0.338 e. The first-order valence-electron chi connectivity index (χ1n) is 8.78. The number of carbonyl (C=O) groups excluding carboxylic acids is 1. The quantitative estimate of drug-likeness (QED) is 0.858. The van der Waals surface area contributed by atoms with Gasteiger partial charge in [-0.3, -0.25) is 4.79 Å². The summed E-state index contributed by atoms with van der Waals surface area (Å²) < 4.78 is 13.0. The molecule has 0 aliphatic carbocycles. The molecular weight excluding hydrogens is 337 g/mol. The Balaban J connectivity index is 1.55. The van der Waals surface area contributed by atoms with Crippen LogP contribution in [0.2, 0.25) is 0 Å². The first-order valence-corrected chi connectivity index (χ1v) is 9.60. The molecule has 0 bridgehead atoms. The highest BCUT2D eigenvalue weighted by molar-refractivity contribution is 7.13. The number of hydrogen-bond donors (Lipinski definition) is 1. The van der Waals surface area contributed by atoms with Crippen molar-refractivity contribution in [1.29, 1.82) is 0 Å². The predicted octanol–water partition coefficient (Wildman–Crippen LogP) is 3.33. The van der Waals surface area contributed by atoms with Crippen molar-refractivity contribution in [2.24, 2.45) is 5.92 Å². The number of benzene rings is 1. The molecule has 3 rings (SSSR count). The highest BCUT2D eigenvalue weighted by Gasteiger charge is 2.24. The van der Waals surface area contributed by atoms with Crippen LogP contribution in [0.3, 0.4) is 0 Å². The summed E-state index contributed by atoms with van der Waals surface area (Å²) in [6, 6.07) is 6.42. The lowest BCUT2D eigenvalue weighted by molar-refractivity contribution is 0.0692. The van der Waals surface area contributed by atoms with Gasteiger partial charge in [0.15, 0.2) is 0 Å². The number of rotatable bonds is 6. The van der Waals surface area contributed by atoms with E-state index in [4.69, 9.17) is 0 Å². The highest BCUT2D eigenvalue weighted by atomic mass is 32.1. The molecule has 1 N–H and O–H groups in total. The number of carbonyl (C=O) groups is 1. The summed E-state index contributed by atoms with van der Waals surface area (Å²) in [4.78, 5) is 19.7. The second-order valence-corrected chi connectivity index (χ2v) is 7.66. The SMILES string of the molecule is CNCCC1CCN(C(=O)c2cnc(Cc3ccc(F)cc3)s2)CC1. The smallest absolute Gasteiger partial charge is 0.265 e. The van der Waals surface area contributed by atoms with E-state index >= 15 is 0 Å². The third kappa shape index (κ3) is 4.86.